The Morgan fingerprint density at radius 3 is 2.43 bits per heavy atom. The molecule has 23 heavy (non-hydrogen) atoms. The van der Waals surface area contributed by atoms with Crippen molar-refractivity contribution in [2.45, 2.75) is 69.1 Å². The van der Waals surface area contributed by atoms with Crippen molar-refractivity contribution >= 4 is 12.0 Å². The highest BCUT2D eigenvalue weighted by atomic mass is 16.5. The molecule has 2 aliphatic carbocycles. The summed E-state index contributed by atoms with van der Waals surface area (Å²) in [5, 5.41) is 12.2. The molecule has 2 aliphatic heterocycles. The number of carbonyl (C=O) groups excluding carboxylic acids is 1. The first-order chi connectivity index (χ1) is 11.1. The highest BCUT2D eigenvalue weighted by molar-refractivity contribution is 5.77. The number of ether oxygens (including phenoxy) is 1. The second kappa shape index (κ2) is 5.65. The Kier molecular flexibility index (Phi) is 3.75. The smallest absolute Gasteiger partial charge is 0.318 e. The predicted octanol–water partition coefficient (Wildman–Crippen LogP) is 1.98. The molecule has 2 N–H and O–H groups in total. The van der Waals surface area contributed by atoms with Gasteiger partial charge in [-0.1, -0.05) is 0 Å². The highest BCUT2D eigenvalue weighted by Crippen LogP contribution is 2.51. The maximum atomic E-state index is 12.6. The number of carboxylic acids is 1. The van der Waals surface area contributed by atoms with Gasteiger partial charge in [-0.3, -0.25) is 4.79 Å². The zero-order valence-electron chi connectivity index (χ0n) is 13.5. The number of carbonyl (C=O) groups is 2. The van der Waals surface area contributed by atoms with E-state index < -0.39 is 5.97 Å². The van der Waals surface area contributed by atoms with Crippen molar-refractivity contribution in [1.82, 2.24) is 10.2 Å². The van der Waals surface area contributed by atoms with E-state index in [1.54, 1.807) is 0 Å². The van der Waals surface area contributed by atoms with Gasteiger partial charge in [0.2, 0.25) is 0 Å². The molecule has 0 aromatic carbocycles. The van der Waals surface area contributed by atoms with Gasteiger partial charge in [0.15, 0.2) is 0 Å². The third-order valence-corrected chi connectivity index (χ3v) is 6.18. The van der Waals surface area contributed by atoms with E-state index in [4.69, 9.17) is 9.84 Å². The summed E-state index contributed by atoms with van der Waals surface area (Å²) < 4.78 is 6.01. The van der Waals surface area contributed by atoms with Gasteiger partial charge in [0.25, 0.3) is 0 Å². The van der Waals surface area contributed by atoms with Crippen LogP contribution in [0.3, 0.4) is 0 Å². The van der Waals surface area contributed by atoms with Crippen molar-refractivity contribution in [2.24, 2.45) is 11.8 Å². The van der Waals surface area contributed by atoms with Gasteiger partial charge in [0.05, 0.1) is 18.5 Å². The molecule has 0 aromatic heterocycles. The first-order valence-electron chi connectivity index (χ1n) is 9.03. The molecule has 4 fully saturated rings. The zero-order chi connectivity index (χ0) is 16.0. The lowest BCUT2D eigenvalue weighted by Crippen LogP contribution is -2.73. The van der Waals surface area contributed by atoms with Gasteiger partial charge in [-0.15, -0.1) is 0 Å². The minimum Gasteiger partial charge on any atom is -0.481 e. The van der Waals surface area contributed by atoms with Crippen molar-refractivity contribution in [3.05, 3.63) is 0 Å². The summed E-state index contributed by atoms with van der Waals surface area (Å²) in [5.41, 5.74) is -0.0561. The van der Waals surface area contributed by atoms with Gasteiger partial charge >= 0.3 is 12.0 Å². The molecular weight excluding hydrogens is 296 g/mol. The van der Waals surface area contributed by atoms with Crippen LogP contribution in [0.4, 0.5) is 4.79 Å². The van der Waals surface area contributed by atoms with Crippen molar-refractivity contribution in [1.29, 1.82) is 0 Å². The fourth-order valence-electron chi connectivity index (χ4n) is 4.77. The largest absolute Gasteiger partial charge is 0.481 e. The molecule has 128 valence electrons. The van der Waals surface area contributed by atoms with E-state index in [0.29, 0.717) is 18.8 Å². The summed E-state index contributed by atoms with van der Waals surface area (Å²) in [5.74, 6) is -0.316. The van der Waals surface area contributed by atoms with E-state index in [1.165, 1.54) is 12.8 Å². The Morgan fingerprint density at radius 1 is 1.13 bits per heavy atom. The van der Waals surface area contributed by atoms with Crippen LogP contribution in [-0.4, -0.2) is 52.8 Å². The highest BCUT2D eigenvalue weighted by Gasteiger charge is 2.61. The maximum absolute atomic E-state index is 12.6. The monoisotopic (exact) mass is 322 g/mol. The fourth-order valence-corrected chi connectivity index (χ4v) is 4.77. The standard InChI is InChI=1S/C17H26N2O4/c20-15(21)12-4-6-13(7-5-12)18-16(22)19-10-17(8-1-9-23-17)14(19)11-2-3-11/h11-14H,1-10H2,(H,18,22)(H,20,21). The van der Waals surface area contributed by atoms with Crippen LogP contribution in [0.2, 0.25) is 0 Å². The topological polar surface area (TPSA) is 78.9 Å². The number of likely N-dealkylation sites (tertiary alicyclic amines) is 1. The van der Waals surface area contributed by atoms with Crippen molar-refractivity contribution < 1.29 is 19.4 Å². The molecule has 6 nitrogen and oxygen atoms in total. The third kappa shape index (κ3) is 2.71. The summed E-state index contributed by atoms with van der Waals surface area (Å²) in [6.45, 7) is 1.56. The molecule has 0 bridgehead atoms. The molecule has 4 aliphatic rings. The van der Waals surface area contributed by atoms with Crippen LogP contribution in [0.5, 0.6) is 0 Å². The number of carboxylic acid groups (broad SMARTS) is 1. The average Bonchev–Trinajstić information content (AvgIpc) is 3.19. The Balaban J connectivity index is 1.32. The molecule has 2 unspecified atom stereocenters. The van der Waals surface area contributed by atoms with Gasteiger partial charge in [0, 0.05) is 12.6 Å². The Hall–Kier alpha value is -1.30. The van der Waals surface area contributed by atoms with Crippen LogP contribution in [0.1, 0.15) is 51.4 Å². The van der Waals surface area contributed by atoms with Crippen LogP contribution in [-0.2, 0) is 9.53 Å². The number of aliphatic carboxylic acids is 1. The summed E-state index contributed by atoms with van der Waals surface area (Å²) in [6, 6.07) is 0.418. The predicted molar refractivity (Wildman–Crippen MR) is 83.0 cm³/mol. The Labute approximate surface area is 136 Å². The number of urea groups is 1. The van der Waals surface area contributed by atoms with Crippen molar-refractivity contribution in [3.63, 3.8) is 0 Å². The molecule has 0 aromatic rings. The lowest BCUT2D eigenvalue weighted by Gasteiger charge is -2.55. The van der Waals surface area contributed by atoms with Crippen LogP contribution in [0.25, 0.3) is 0 Å². The lowest BCUT2D eigenvalue weighted by atomic mass is 9.78. The summed E-state index contributed by atoms with van der Waals surface area (Å²) >= 11 is 0. The molecule has 1 spiro atoms. The third-order valence-electron chi connectivity index (χ3n) is 6.18. The fraction of sp³-hybridized carbons (Fsp3) is 0.882. The molecule has 2 saturated carbocycles. The molecule has 6 heteroatoms. The van der Waals surface area contributed by atoms with E-state index >= 15 is 0 Å². The molecule has 0 radical (unpaired) electrons. The summed E-state index contributed by atoms with van der Waals surface area (Å²) in [7, 11) is 0. The molecule has 2 saturated heterocycles. The summed E-state index contributed by atoms with van der Waals surface area (Å²) in [6.07, 6.45) is 7.49. The van der Waals surface area contributed by atoms with Gasteiger partial charge < -0.3 is 20.1 Å². The van der Waals surface area contributed by atoms with Gasteiger partial charge in [-0.25, -0.2) is 4.79 Å². The molecule has 2 heterocycles. The lowest BCUT2D eigenvalue weighted by molar-refractivity contribution is -0.147. The van der Waals surface area contributed by atoms with E-state index in [9.17, 15) is 9.59 Å². The van der Waals surface area contributed by atoms with Gasteiger partial charge in [0.1, 0.15) is 5.60 Å². The molecular formula is C17H26N2O4. The Morgan fingerprint density at radius 2 is 1.87 bits per heavy atom. The van der Waals surface area contributed by atoms with Crippen molar-refractivity contribution in [3.8, 4) is 0 Å². The normalized spacial score (nSPS) is 40.0. The van der Waals surface area contributed by atoms with Crippen LogP contribution in [0, 0.1) is 11.8 Å². The Bertz CT molecular complexity index is 491. The number of nitrogens with one attached hydrogen (secondary N) is 1. The maximum Gasteiger partial charge on any atom is 0.318 e. The molecule has 2 atom stereocenters. The zero-order valence-corrected chi connectivity index (χ0v) is 13.5. The average molecular weight is 322 g/mol. The van der Waals surface area contributed by atoms with Gasteiger partial charge in [-0.05, 0) is 57.3 Å². The SMILES string of the molecule is O=C(O)C1CCC(NC(=O)N2CC3(CCCO3)C2C2CC2)CC1. The van der Waals surface area contributed by atoms with Crippen LogP contribution < -0.4 is 5.32 Å². The number of rotatable bonds is 3. The van der Waals surface area contributed by atoms with Crippen LogP contribution >= 0.6 is 0 Å². The molecule has 4 rings (SSSR count). The second-order valence-electron chi connectivity index (χ2n) is 7.76. The van der Waals surface area contributed by atoms with E-state index in [2.05, 4.69) is 5.32 Å². The quantitative estimate of drug-likeness (QED) is 0.833. The molecule has 2 amide bonds. The number of hydrogen-bond acceptors (Lipinski definition) is 3. The minimum atomic E-state index is -0.702. The van der Waals surface area contributed by atoms with E-state index in [0.717, 1.165) is 38.8 Å². The van der Waals surface area contributed by atoms with E-state index in [-0.39, 0.29) is 29.6 Å². The van der Waals surface area contributed by atoms with Crippen LogP contribution in [0.15, 0.2) is 0 Å². The number of hydrogen-bond donors (Lipinski definition) is 2. The minimum absolute atomic E-state index is 0.0294. The van der Waals surface area contributed by atoms with E-state index in [1.807, 2.05) is 4.90 Å². The first-order valence-corrected chi connectivity index (χ1v) is 9.03. The number of amides is 2. The summed E-state index contributed by atoms with van der Waals surface area (Å²) in [4.78, 5) is 25.6. The van der Waals surface area contributed by atoms with Gasteiger partial charge in [-0.2, -0.15) is 0 Å². The van der Waals surface area contributed by atoms with Crippen molar-refractivity contribution in [2.75, 3.05) is 13.2 Å². The number of nitrogens with zero attached hydrogens (tertiary/aromatic N) is 1. The first kappa shape index (κ1) is 15.2. The second-order valence-corrected chi connectivity index (χ2v) is 7.76.